The molecule has 0 N–H and O–H groups in total. The lowest BCUT2D eigenvalue weighted by atomic mass is 10.1. The van der Waals surface area contributed by atoms with Gasteiger partial charge in [-0.05, 0) is 30.9 Å². The van der Waals surface area contributed by atoms with Gasteiger partial charge in [0.2, 0.25) is 10.9 Å². The van der Waals surface area contributed by atoms with E-state index in [1.54, 1.807) is 25.1 Å². The molecule has 1 aromatic heterocycles. The average molecular weight is 413 g/mol. The number of ether oxygens (including phenoxy) is 3. The molecule has 0 saturated heterocycles. The summed E-state index contributed by atoms with van der Waals surface area (Å²) in [7, 11) is 3.20. The molecular weight excluding hydrogens is 388 g/mol. The Balaban J connectivity index is 1.94. The molecule has 0 spiro atoms. The number of benzene rings is 2. The molecule has 0 radical (unpaired) electrons. The van der Waals surface area contributed by atoms with Crippen molar-refractivity contribution in [2.45, 2.75) is 18.5 Å². The molecule has 7 nitrogen and oxygen atoms in total. The molecule has 0 amide bonds. The summed E-state index contributed by atoms with van der Waals surface area (Å²) in [4.78, 5) is 0. The highest BCUT2D eigenvalue weighted by molar-refractivity contribution is 7.98. The largest absolute Gasteiger partial charge is 0.493 e. The third-order valence-corrected chi connectivity index (χ3v) is 4.78. The molecular formula is C21H24N4O3S. The second-order valence-corrected chi connectivity index (χ2v) is 6.78. The van der Waals surface area contributed by atoms with E-state index in [0.717, 1.165) is 22.1 Å². The van der Waals surface area contributed by atoms with Crippen LogP contribution >= 0.6 is 11.8 Å². The molecule has 0 bridgehead atoms. The van der Waals surface area contributed by atoms with E-state index >= 15 is 0 Å². The summed E-state index contributed by atoms with van der Waals surface area (Å²) < 4.78 is 18.3. The number of hydrogen-bond donors (Lipinski definition) is 0. The Bertz CT molecular complexity index is 948. The van der Waals surface area contributed by atoms with Gasteiger partial charge in [-0.15, -0.1) is 10.2 Å². The first-order valence-corrected chi connectivity index (χ1v) is 10.4. The minimum absolute atomic E-state index is 0.515. The highest BCUT2D eigenvalue weighted by Gasteiger charge is 2.14. The topological polar surface area (TPSA) is 70.8 Å². The fraction of sp³-hybridized carbons (Fsp3) is 0.286. The summed E-state index contributed by atoms with van der Waals surface area (Å²) in [6.45, 7) is 2.43. The van der Waals surface area contributed by atoms with Crippen LogP contribution < -0.4 is 14.2 Å². The second-order valence-electron chi connectivity index (χ2n) is 6.01. The van der Waals surface area contributed by atoms with Crippen LogP contribution in [0.2, 0.25) is 0 Å². The first-order chi connectivity index (χ1) is 14.2. The first kappa shape index (κ1) is 20.7. The van der Waals surface area contributed by atoms with E-state index in [-0.39, 0.29) is 0 Å². The molecule has 152 valence electrons. The van der Waals surface area contributed by atoms with Crippen molar-refractivity contribution in [1.82, 2.24) is 14.9 Å². The van der Waals surface area contributed by atoms with Crippen LogP contribution in [0.3, 0.4) is 0 Å². The van der Waals surface area contributed by atoms with E-state index in [2.05, 4.69) is 27.4 Å². The number of methoxy groups -OCH3 is 2. The number of hydrogen-bond acceptors (Lipinski definition) is 7. The summed E-state index contributed by atoms with van der Waals surface area (Å²) >= 11 is 1.49. The summed E-state index contributed by atoms with van der Waals surface area (Å²) in [6.07, 6.45) is 4.32. The summed E-state index contributed by atoms with van der Waals surface area (Å²) in [5, 5.41) is 13.9. The van der Waals surface area contributed by atoms with Crippen LogP contribution in [0.25, 0.3) is 0 Å². The van der Waals surface area contributed by atoms with Gasteiger partial charge in [0.05, 0.1) is 27.0 Å². The minimum Gasteiger partial charge on any atom is -0.493 e. The minimum atomic E-state index is 0.515. The number of thioether (sulfide) groups is 1. The number of rotatable bonds is 9. The van der Waals surface area contributed by atoms with Crippen molar-refractivity contribution in [2.24, 2.45) is 5.10 Å². The Morgan fingerprint density at radius 3 is 2.34 bits per heavy atom. The number of nitrogens with zero attached hydrogens (tertiary/aromatic N) is 4. The predicted octanol–water partition coefficient (Wildman–Crippen LogP) is 3.89. The van der Waals surface area contributed by atoms with E-state index in [1.165, 1.54) is 11.8 Å². The van der Waals surface area contributed by atoms with Crippen molar-refractivity contribution < 1.29 is 14.2 Å². The normalized spacial score (nSPS) is 11.0. The summed E-state index contributed by atoms with van der Waals surface area (Å²) in [5.74, 6) is 2.52. The van der Waals surface area contributed by atoms with Crippen LogP contribution in [0.1, 0.15) is 23.9 Å². The van der Waals surface area contributed by atoms with Crippen LogP contribution in [-0.2, 0) is 6.42 Å². The molecule has 8 heteroatoms. The molecule has 29 heavy (non-hydrogen) atoms. The van der Waals surface area contributed by atoms with Crippen LogP contribution in [-0.4, -0.2) is 48.2 Å². The highest BCUT2D eigenvalue weighted by atomic mass is 32.2. The summed E-state index contributed by atoms with van der Waals surface area (Å²) in [5.41, 5.74) is 1.96. The summed E-state index contributed by atoms with van der Waals surface area (Å²) in [6, 6.07) is 13.8. The van der Waals surface area contributed by atoms with Gasteiger partial charge in [-0.2, -0.15) is 9.78 Å². The lowest BCUT2D eigenvalue weighted by Gasteiger charge is -2.14. The van der Waals surface area contributed by atoms with Gasteiger partial charge in [-0.1, -0.05) is 42.1 Å². The first-order valence-electron chi connectivity index (χ1n) is 9.15. The molecule has 2 aromatic carbocycles. The highest BCUT2D eigenvalue weighted by Crippen LogP contribution is 2.38. The Hall–Kier alpha value is -3.00. The Kier molecular flexibility index (Phi) is 7.13. The van der Waals surface area contributed by atoms with Gasteiger partial charge in [0.1, 0.15) is 0 Å². The van der Waals surface area contributed by atoms with Crippen LogP contribution in [0.4, 0.5) is 0 Å². The fourth-order valence-electron chi connectivity index (χ4n) is 2.81. The molecule has 0 unspecified atom stereocenters. The van der Waals surface area contributed by atoms with Gasteiger partial charge in [0.15, 0.2) is 17.3 Å². The lowest BCUT2D eigenvalue weighted by Crippen LogP contribution is -2.02. The smallest absolute Gasteiger partial charge is 0.211 e. The maximum atomic E-state index is 5.65. The van der Waals surface area contributed by atoms with Gasteiger partial charge in [-0.25, -0.2) is 0 Å². The molecule has 0 aliphatic heterocycles. The van der Waals surface area contributed by atoms with Gasteiger partial charge < -0.3 is 14.2 Å². The van der Waals surface area contributed by atoms with E-state index in [9.17, 15) is 0 Å². The quantitative estimate of drug-likeness (QED) is 0.392. The van der Waals surface area contributed by atoms with Crippen LogP contribution in [0.15, 0.2) is 52.7 Å². The third kappa shape index (κ3) is 4.89. The standard InChI is InChI=1S/C21H24N4O3S/c1-5-28-20-17(26-2)11-16(12-18(20)27-3)14-22-25-19(23-24-21(25)29-4)13-15-9-7-6-8-10-15/h6-12,14H,5,13H2,1-4H3/b22-14-. The van der Waals surface area contributed by atoms with E-state index < -0.39 is 0 Å². The van der Waals surface area contributed by atoms with Crippen molar-refractivity contribution in [2.75, 3.05) is 27.1 Å². The molecule has 0 saturated carbocycles. The van der Waals surface area contributed by atoms with Crippen molar-refractivity contribution in [3.8, 4) is 17.2 Å². The van der Waals surface area contributed by atoms with Crippen molar-refractivity contribution in [1.29, 1.82) is 0 Å². The fourth-order valence-corrected chi connectivity index (χ4v) is 3.26. The Morgan fingerprint density at radius 2 is 1.76 bits per heavy atom. The molecule has 0 aliphatic rings. The maximum Gasteiger partial charge on any atom is 0.211 e. The van der Waals surface area contributed by atoms with E-state index in [1.807, 2.05) is 43.5 Å². The Labute approximate surface area is 174 Å². The van der Waals surface area contributed by atoms with Crippen LogP contribution in [0.5, 0.6) is 17.2 Å². The zero-order valence-electron chi connectivity index (χ0n) is 17.0. The van der Waals surface area contributed by atoms with Crippen molar-refractivity contribution in [3.05, 3.63) is 59.4 Å². The van der Waals surface area contributed by atoms with Crippen molar-refractivity contribution in [3.63, 3.8) is 0 Å². The molecule has 3 rings (SSSR count). The molecule has 0 aliphatic carbocycles. The monoisotopic (exact) mass is 412 g/mol. The van der Waals surface area contributed by atoms with Crippen LogP contribution in [0, 0.1) is 0 Å². The molecule has 1 heterocycles. The predicted molar refractivity (Wildman–Crippen MR) is 115 cm³/mol. The zero-order chi connectivity index (χ0) is 20.6. The maximum absolute atomic E-state index is 5.65. The SMILES string of the molecule is CCOc1c(OC)cc(/C=N\n2c(Cc3ccccc3)nnc2SC)cc1OC. The lowest BCUT2D eigenvalue weighted by molar-refractivity contribution is 0.288. The van der Waals surface area contributed by atoms with Gasteiger partial charge in [0, 0.05) is 12.0 Å². The molecule has 0 atom stereocenters. The van der Waals surface area contributed by atoms with E-state index in [0.29, 0.717) is 30.3 Å². The molecule has 3 aromatic rings. The zero-order valence-corrected chi connectivity index (χ0v) is 17.8. The van der Waals surface area contributed by atoms with Gasteiger partial charge in [0.25, 0.3) is 0 Å². The van der Waals surface area contributed by atoms with E-state index in [4.69, 9.17) is 14.2 Å². The Morgan fingerprint density at radius 1 is 1.07 bits per heavy atom. The van der Waals surface area contributed by atoms with Gasteiger partial charge >= 0.3 is 0 Å². The molecule has 0 fully saturated rings. The van der Waals surface area contributed by atoms with Gasteiger partial charge in [-0.3, -0.25) is 0 Å². The van der Waals surface area contributed by atoms with Crippen molar-refractivity contribution >= 4 is 18.0 Å². The average Bonchev–Trinajstić information content (AvgIpc) is 3.14. The second kappa shape index (κ2) is 9.97. The third-order valence-electron chi connectivity index (χ3n) is 4.16. The number of aromatic nitrogens is 3.